The van der Waals surface area contributed by atoms with Gasteiger partial charge in [-0.2, -0.15) is 0 Å². The van der Waals surface area contributed by atoms with Gasteiger partial charge in [-0.1, -0.05) is 20.8 Å². The Morgan fingerprint density at radius 1 is 1.22 bits per heavy atom. The van der Waals surface area contributed by atoms with Crippen molar-refractivity contribution in [3.05, 3.63) is 30.0 Å². The zero-order valence-electron chi connectivity index (χ0n) is 18.1. The Morgan fingerprint density at radius 2 is 1.89 bits per heavy atom. The zero-order valence-corrected chi connectivity index (χ0v) is 18.1. The van der Waals surface area contributed by atoms with E-state index in [4.69, 9.17) is 9.98 Å². The number of aromatic nitrogens is 2. The van der Waals surface area contributed by atoms with E-state index in [2.05, 4.69) is 75.1 Å². The highest BCUT2D eigenvalue weighted by molar-refractivity contribution is 5.80. The van der Waals surface area contributed by atoms with Gasteiger partial charge in [0.15, 0.2) is 0 Å². The molecule has 0 aromatic carbocycles. The van der Waals surface area contributed by atoms with Crippen molar-refractivity contribution in [3.8, 4) is 0 Å². The van der Waals surface area contributed by atoms with Crippen molar-refractivity contribution in [3.63, 3.8) is 0 Å². The minimum absolute atomic E-state index is 0.268. The highest BCUT2D eigenvalue weighted by atomic mass is 15.2. The summed E-state index contributed by atoms with van der Waals surface area (Å²) in [7, 11) is 2.06. The third kappa shape index (κ3) is 7.12. The monoisotopic (exact) mass is 372 g/mol. The second-order valence-corrected chi connectivity index (χ2v) is 7.14. The number of rotatable bonds is 10. The summed E-state index contributed by atoms with van der Waals surface area (Å²) < 4.78 is 0. The molecule has 1 atom stereocenters. The summed E-state index contributed by atoms with van der Waals surface area (Å²) in [5.41, 5.74) is 1.98. The molecule has 0 saturated carbocycles. The van der Waals surface area contributed by atoms with Crippen LogP contribution >= 0.6 is 0 Å². The third-order valence-corrected chi connectivity index (χ3v) is 4.76. The fraction of sp³-hybridized carbons (Fsp3) is 0.619. The first kappa shape index (κ1) is 22.8. The Hall–Kier alpha value is -2.24. The van der Waals surface area contributed by atoms with Crippen molar-refractivity contribution in [1.29, 1.82) is 0 Å². The van der Waals surface area contributed by atoms with E-state index in [1.165, 1.54) is 0 Å². The smallest absolute Gasteiger partial charge is 0.147 e. The first-order chi connectivity index (χ1) is 12.8. The summed E-state index contributed by atoms with van der Waals surface area (Å²) >= 11 is 0. The van der Waals surface area contributed by atoms with E-state index in [1.807, 2.05) is 12.4 Å². The highest BCUT2D eigenvalue weighted by Gasteiger charge is 2.13. The van der Waals surface area contributed by atoms with Crippen molar-refractivity contribution in [2.24, 2.45) is 15.9 Å². The number of hydrogen-bond donors (Lipinski definition) is 0. The average Bonchev–Trinajstić information content (AvgIpc) is 2.66. The van der Waals surface area contributed by atoms with Crippen LogP contribution in [0.1, 0.15) is 59.6 Å². The van der Waals surface area contributed by atoms with E-state index in [0.717, 1.165) is 49.1 Å². The van der Waals surface area contributed by atoms with E-state index >= 15 is 0 Å². The maximum absolute atomic E-state index is 4.82. The molecule has 0 N–H and O–H groups in total. The molecule has 1 heterocycles. The number of aliphatic imine (C=N–C) groups is 2. The summed E-state index contributed by atoms with van der Waals surface area (Å²) in [6.07, 6.45) is 6.38. The van der Waals surface area contributed by atoms with Gasteiger partial charge >= 0.3 is 0 Å². The van der Waals surface area contributed by atoms with Gasteiger partial charge in [0, 0.05) is 45.0 Å². The number of nitrogens with zero attached hydrogens (tertiary/aromatic N) is 6. The molecule has 150 valence electrons. The lowest BCUT2D eigenvalue weighted by molar-refractivity contribution is 0.460. The largest absolute Gasteiger partial charge is 0.361 e. The van der Waals surface area contributed by atoms with E-state index in [-0.39, 0.29) is 5.92 Å². The van der Waals surface area contributed by atoms with Crippen LogP contribution in [0.15, 0.2) is 34.3 Å². The fourth-order valence-corrected chi connectivity index (χ4v) is 2.78. The number of amidine groups is 1. The summed E-state index contributed by atoms with van der Waals surface area (Å²) in [5, 5.41) is 0. The third-order valence-electron chi connectivity index (χ3n) is 4.76. The second kappa shape index (κ2) is 11.5. The van der Waals surface area contributed by atoms with Gasteiger partial charge in [-0.3, -0.25) is 9.98 Å². The molecule has 0 aliphatic heterocycles. The van der Waals surface area contributed by atoms with Crippen LogP contribution < -0.4 is 4.90 Å². The minimum Gasteiger partial charge on any atom is -0.361 e. The maximum Gasteiger partial charge on any atom is 0.147 e. The molecule has 0 saturated heterocycles. The van der Waals surface area contributed by atoms with Crippen molar-refractivity contribution in [2.45, 2.75) is 53.9 Å². The molecule has 1 aromatic rings. The Kier molecular flexibility index (Phi) is 9.68. The molecular weight excluding hydrogens is 336 g/mol. The van der Waals surface area contributed by atoms with E-state index in [0.29, 0.717) is 5.92 Å². The summed E-state index contributed by atoms with van der Waals surface area (Å²) in [5.74, 6) is 2.56. The van der Waals surface area contributed by atoms with Crippen LogP contribution in [-0.2, 0) is 0 Å². The van der Waals surface area contributed by atoms with Gasteiger partial charge in [-0.25, -0.2) is 9.98 Å². The van der Waals surface area contributed by atoms with Crippen LogP contribution in [0.5, 0.6) is 0 Å². The SMILES string of the molecule is C=N/C=C(\N=C(/C)N(CC)CC)C(C)CCN(C)c1cncc(C(C)C)n1. The molecule has 0 fully saturated rings. The lowest BCUT2D eigenvalue weighted by Crippen LogP contribution is -2.28. The standard InChI is InChI=1S/C21H36N6/c1-9-27(10-2)18(6)24-20(13-22-7)17(5)11-12-26(8)21-15-23-14-19(25-21)16(3)4/h13-17H,7,9-12H2,1-6,8H3/b20-13-,24-18+. The van der Waals surface area contributed by atoms with Gasteiger partial charge in [-0.15, -0.1) is 0 Å². The average molecular weight is 373 g/mol. The first-order valence-electron chi connectivity index (χ1n) is 9.83. The Bertz CT molecular complexity index is 646. The summed E-state index contributed by atoms with van der Waals surface area (Å²) in [4.78, 5) is 22.2. The zero-order chi connectivity index (χ0) is 20.4. The molecule has 0 amide bonds. The highest BCUT2D eigenvalue weighted by Crippen LogP contribution is 2.20. The van der Waals surface area contributed by atoms with Gasteiger partial charge < -0.3 is 9.80 Å². The van der Waals surface area contributed by atoms with Crippen LogP contribution in [0, 0.1) is 5.92 Å². The first-order valence-corrected chi connectivity index (χ1v) is 9.83. The van der Waals surface area contributed by atoms with Crippen molar-refractivity contribution < 1.29 is 0 Å². The molecule has 1 aromatic heterocycles. The quantitative estimate of drug-likeness (QED) is 0.452. The molecule has 0 spiro atoms. The molecule has 6 nitrogen and oxygen atoms in total. The molecule has 0 aliphatic rings. The number of hydrogen-bond acceptors (Lipinski definition) is 5. The van der Waals surface area contributed by atoms with Gasteiger partial charge in [-0.05, 0) is 39.8 Å². The van der Waals surface area contributed by atoms with E-state index < -0.39 is 0 Å². The Labute approximate surface area is 165 Å². The van der Waals surface area contributed by atoms with Crippen LogP contribution in [0.3, 0.4) is 0 Å². The van der Waals surface area contributed by atoms with E-state index in [9.17, 15) is 0 Å². The fourth-order valence-electron chi connectivity index (χ4n) is 2.78. The maximum atomic E-state index is 4.82. The predicted octanol–water partition coefficient (Wildman–Crippen LogP) is 4.36. The molecule has 1 rings (SSSR count). The molecule has 6 heteroatoms. The lowest BCUT2D eigenvalue weighted by Gasteiger charge is -2.23. The minimum atomic E-state index is 0.268. The number of allylic oxidation sites excluding steroid dienone is 1. The second-order valence-electron chi connectivity index (χ2n) is 7.14. The van der Waals surface area contributed by atoms with E-state index in [1.54, 1.807) is 6.20 Å². The topological polar surface area (TPSA) is 57.0 Å². The van der Waals surface area contributed by atoms with Crippen molar-refractivity contribution >= 4 is 18.4 Å². The van der Waals surface area contributed by atoms with Crippen LogP contribution in [-0.4, -0.2) is 54.1 Å². The molecule has 0 bridgehead atoms. The summed E-state index contributed by atoms with van der Waals surface area (Å²) in [6.45, 7) is 19.1. The van der Waals surface area contributed by atoms with Crippen LogP contribution in [0.2, 0.25) is 0 Å². The Balaban J connectivity index is 2.81. The Morgan fingerprint density at radius 3 is 2.44 bits per heavy atom. The van der Waals surface area contributed by atoms with Crippen molar-refractivity contribution in [1.82, 2.24) is 14.9 Å². The summed E-state index contributed by atoms with van der Waals surface area (Å²) in [6, 6.07) is 0. The molecular formula is C21H36N6. The predicted molar refractivity (Wildman–Crippen MR) is 117 cm³/mol. The van der Waals surface area contributed by atoms with Gasteiger partial charge in [0.2, 0.25) is 0 Å². The van der Waals surface area contributed by atoms with Crippen LogP contribution in [0.25, 0.3) is 0 Å². The molecule has 1 unspecified atom stereocenters. The van der Waals surface area contributed by atoms with Gasteiger partial charge in [0.1, 0.15) is 11.7 Å². The number of anilines is 1. The molecule has 0 radical (unpaired) electrons. The molecule has 27 heavy (non-hydrogen) atoms. The lowest BCUT2D eigenvalue weighted by atomic mass is 10.0. The van der Waals surface area contributed by atoms with Crippen LogP contribution in [0.4, 0.5) is 5.82 Å². The normalized spacial score (nSPS) is 13.6. The molecule has 0 aliphatic carbocycles. The van der Waals surface area contributed by atoms with Crippen molar-refractivity contribution in [2.75, 3.05) is 31.6 Å². The van der Waals surface area contributed by atoms with Gasteiger partial charge in [0.25, 0.3) is 0 Å². The van der Waals surface area contributed by atoms with Gasteiger partial charge in [0.05, 0.1) is 17.6 Å².